The summed E-state index contributed by atoms with van der Waals surface area (Å²) in [7, 11) is -3.50. The van der Waals surface area contributed by atoms with Crippen LogP contribution in [0.15, 0.2) is 53.4 Å². The van der Waals surface area contributed by atoms with Crippen molar-refractivity contribution in [1.82, 2.24) is 9.21 Å². The zero-order valence-electron chi connectivity index (χ0n) is 18.1. The second kappa shape index (κ2) is 10.6. The molecule has 2 aromatic carbocycles. The lowest BCUT2D eigenvalue weighted by Crippen LogP contribution is -2.40. The van der Waals surface area contributed by atoms with Gasteiger partial charge in [0.05, 0.1) is 10.8 Å². The fraction of sp³-hybridized carbons (Fsp3) is 0.435. The van der Waals surface area contributed by atoms with Gasteiger partial charge in [-0.25, -0.2) is 8.42 Å². The number of nitrogens with zero attached hydrogens (tertiary/aromatic N) is 2. The standard InChI is InChI=1S/C23H30ClN3O3S/c1-3-27(4-2)31(29,30)22-13-11-21(12-14-22)25-23(28)19-6-5-15-26(17-19)16-18-7-9-20(24)10-8-18/h7-14,19H,3-6,15-17H2,1-2H3,(H,25,28). The van der Waals surface area contributed by atoms with Gasteiger partial charge in [0.2, 0.25) is 15.9 Å². The molecular weight excluding hydrogens is 434 g/mol. The van der Waals surface area contributed by atoms with Gasteiger partial charge in [0.1, 0.15) is 0 Å². The molecule has 0 spiro atoms. The average molecular weight is 464 g/mol. The van der Waals surface area contributed by atoms with Crippen LogP contribution < -0.4 is 5.32 Å². The molecule has 6 nitrogen and oxygen atoms in total. The van der Waals surface area contributed by atoms with Crippen LogP contribution in [0.3, 0.4) is 0 Å². The van der Waals surface area contributed by atoms with Crippen LogP contribution in [0.25, 0.3) is 0 Å². The largest absolute Gasteiger partial charge is 0.326 e. The smallest absolute Gasteiger partial charge is 0.243 e. The summed E-state index contributed by atoms with van der Waals surface area (Å²) in [4.78, 5) is 15.3. The summed E-state index contributed by atoms with van der Waals surface area (Å²) in [5.41, 5.74) is 1.79. The predicted octanol–water partition coefficient (Wildman–Crippen LogP) is 4.22. The van der Waals surface area contributed by atoms with Crippen LogP contribution in [0.1, 0.15) is 32.3 Å². The molecule has 168 valence electrons. The van der Waals surface area contributed by atoms with E-state index in [1.165, 1.54) is 9.87 Å². The third kappa shape index (κ3) is 6.07. The van der Waals surface area contributed by atoms with Crippen LogP contribution in [0, 0.1) is 5.92 Å². The fourth-order valence-electron chi connectivity index (χ4n) is 3.93. The number of halogens is 1. The zero-order chi connectivity index (χ0) is 22.4. The summed E-state index contributed by atoms with van der Waals surface area (Å²) in [6.45, 7) is 6.93. The Kier molecular flexibility index (Phi) is 8.11. The molecule has 3 rings (SSSR count). The maximum absolute atomic E-state index is 12.8. The van der Waals surface area contributed by atoms with Gasteiger partial charge in [0, 0.05) is 36.9 Å². The number of amides is 1. The SMILES string of the molecule is CCN(CC)S(=O)(=O)c1ccc(NC(=O)C2CCCN(Cc3ccc(Cl)cc3)C2)cc1. The molecule has 1 N–H and O–H groups in total. The Bertz CT molecular complexity index is 974. The molecule has 1 fully saturated rings. The maximum atomic E-state index is 12.8. The van der Waals surface area contributed by atoms with E-state index in [4.69, 9.17) is 11.6 Å². The number of likely N-dealkylation sites (tertiary alicyclic amines) is 1. The molecule has 1 heterocycles. The molecule has 1 aliphatic rings. The van der Waals surface area contributed by atoms with E-state index in [2.05, 4.69) is 10.2 Å². The Morgan fingerprint density at radius 2 is 1.74 bits per heavy atom. The lowest BCUT2D eigenvalue weighted by atomic mass is 9.96. The van der Waals surface area contributed by atoms with Crippen molar-refractivity contribution in [2.24, 2.45) is 5.92 Å². The molecule has 31 heavy (non-hydrogen) atoms. The van der Waals surface area contributed by atoms with Gasteiger partial charge >= 0.3 is 0 Å². The topological polar surface area (TPSA) is 69.7 Å². The highest BCUT2D eigenvalue weighted by Gasteiger charge is 2.26. The molecule has 1 atom stereocenters. The van der Waals surface area contributed by atoms with Crippen molar-refractivity contribution in [3.63, 3.8) is 0 Å². The van der Waals surface area contributed by atoms with E-state index in [9.17, 15) is 13.2 Å². The normalized spacial score (nSPS) is 17.6. The van der Waals surface area contributed by atoms with Crippen LogP contribution in [-0.4, -0.2) is 49.7 Å². The van der Waals surface area contributed by atoms with Gasteiger partial charge in [0.25, 0.3) is 0 Å². The molecule has 1 aliphatic heterocycles. The molecule has 1 unspecified atom stereocenters. The summed E-state index contributed by atoms with van der Waals surface area (Å²) < 4.78 is 26.6. The first kappa shape index (κ1) is 23.7. The van der Waals surface area contributed by atoms with Crippen LogP contribution in [0.2, 0.25) is 5.02 Å². The van der Waals surface area contributed by atoms with E-state index in [0.29, 0.717) is 25.3 Å². The molecule has 0 aliphatic carbocycles. The summed E-state index contributed by atoms with van der Waals surface area (Å²) in [6, 6.07) is 14.2. The average Bonchev–Trinajstić information content (AvgIpc) is 2.76. The number of piperidine rings is 1. The first-order chi connectivity index (χ1) is 14.8. The number of anilines is 1. The third-order valence-corrected chi connectivity index (χ3v) is 7.98. The van der Waals surface area contributed by atoms with Crippen molar-refractivity contribution in [1.29, 1.82) is 0 Å². The highest BCUT2D eigenvalue weighted by atomic mass is 35.5. The maximum Gasteiger partial charge on any atom is 0.243 e. The molecule has 1 saturated heterocycles. The van der Waals surface area contributed by atoms with Crippen LogP contribution in [0.4, 0.5) is 5.69 Å². The van der Waals surface area contributed by atoms with E-state index < -0.39 is 10.0 Å². The quantitative estimate of drug-likeness (QED) is 0.636. The highest BCUT2D eigenvalue weighted by Crippen LogP contribution is 2.23. The van der Waals surface area contributed by atoms with Gasteiger partial charge in [-0.15, -0.1) is 0 Å². The molecule has 1 amide bonds. The zero-order valence-corrected chi connectivity index (χ0v) is 19.6. The van der Waals surface area contributed by atoms with E-state index in [-0.39, 0.29) is 16.7 Å². The van der Waals surface area contributed by atoms with E-state index in [1.807, 2.05) is 38.1 Å². The number of rotatable bonds is 8. The molecule has 0 bridgehead atoms. The summed E-state index contributed by atoms with van der Waals surface area (Å²) in [6.07, 6.45) is 1.81. The van der Waals surface area contributed by atoms with Crippen LogP contribution >= 0.6 is 11.6 Å². The van der Waals surface area contributed by atoms with Crippen molar-refractivity contribution in [2.75, 3.05) is 31.5 Å². The minimum absolute atomic E-state index is 0.0276. The third-order valence-electron chi connectivity index (χ3n) is 5.66. The second-order valence-corrected chi connectivity index (χ2v) is 10.2. The Balaban J connectivity index is 1.60. The number of nitrogens with one attached hydrogen (secondary N) is 1. The summed E-state index contributed by atoms with van der Waals surface area (Å²) in [5, 5.41) is 3.67. The van der Waals surface area contributed by atoms with Gasteiger partial charge in [0.15, 0.2) is 0 Å². The van der Waals surface area contributed by atoms with Crippen molar-refractivity contribution < 1.29 is 13.2 Å². The molecule has 0 radical (unpaired) electrons. The molecule has 0 saturated carbocycles. The first-order valence-electron chi connectivity index (χ1n) is 10.7. The second-order valence-electron chi connectivity index (χ2n) is 7.80. The first-order valence-corrected chi connectivity index (χ1v) is 12.5. The van der Waals surface area contributed by atoms with Gasteiger partial charge in [-0.2, -0.15) is 4.31 Å². The van der Waals surface area contributed by atoms with Gasteiger partial charge < -0.3 is 5.32 Å². The highest BCUT2D eigenvalue weighted by molar-refractivity contribution is 7.89. The number of hydrogen-bond acceptors (Lipinski definition) is 4. The minimum atomic E-state index is -3.50. The predicted molar refractivity (Wildman–Crippen MR) is 125 cm³/mol. The van der Waals surface area contributed by atoms with E-state index >= 15 is 0 Å². The Morgan fingerprint density at radius 3 is 2.35 bits per heavy atom. The fourth-order valence-corrected chi connectivity index (χ4v) is 5.51. The number of hydrogen-bond donors (Lipinski definition) is 1. The lowest BCUT2D eigenvalue weighted by molar-refractivity contribution is -0.121. The van der Waals surface area contributed by atoms with Crippen LogP contribution in [0.5, 0.6) is 0 Å². The summed E-state index contributed by atoms with van der Waals surface area (Å²) >= 11 is 5.96. The lowest BCUT2D eigenvalue weighted by Gasteiger charge is -2.32. The minimum Gasteiger partial charge on any atom is -0.326 e. The molecule has 8 heteroatoms. The number of benzene rings is 2. The summed E-state index contributed by atoms with van der Waals surface area (Å²) in [5.74, 6) is -0.125. The number of sulfonamides is 1. The number of carbonyl (C=O) groups excluding carboxylic acids is 1. The van der Waals surface area contributed by atoms with Crippen molar-refractivity contribution in [3.05, 3.63) is 59.1 Å². The Hall–Kier alpha value is -1.93. The van der Waals surface area contributed by atoms with Gasteiger partial charge in [-0.1, -0.05) is 37.6 Å². The van der Waals surface area contributed by atoms with E-state index in [0.717, 1.165) is 31.0 Å². The van der Waals surface area contributed by atoms with Crippen molar-refractivity contribution in [3.8, 4) is 0 Å². The van der Waals surface area contributed by atoms with Crippen LogP contribution in [-0.2, 0) is 21.4 Å². The van der Waals surface area contributed by atoms with Crippen molar-refractivity contribution in [2.45, 2.75) is 38.1 Å². The monoisotopic (exact) mass is 463 g/mol. The Morgan fingerprint density at radius 1 is 1.10 bits per heavy atom. The molecule has 0 aromatic heterocycles. The van der Waals surface area contributed by atoms with Gasteiger partial charge in [-0.05, 0) is 61.3 Å². The molecule has 2 aromatic rings. The molecular formula is C23H30ClN3O3S. The Labute approximate surface area is 190 Å². The van der Waals surface area contributed by atoms with Crippen molar-refractivity contribution >= 4 is 33.2 Å². The van der Waals surface area contributed by atoms with Gasteiger partial charge in [-0.3, -0.25) is 9.69 Å². The van der Waals surface area contributed by atoms with E-state index in [1.54, 1.807) is 24.3 Å². The number of carbonyl (C=O) groups is 1.